The lowest BCUT2D eigenvalue weighted by Crippen LogP contribution is -2.72. The topological polar surface area (TPSA) is 75.6 Å². The minimum Gasteiger partial charge on any atom is -0.456 e. The number of esters is 1. The summed E-state index contributed by atoms with van der Waals surface area (Å²) < 4.78 is 4.94. The minimum atomic E-state index is -1.24. The summed E-state index contributed by atoms with van der Waals surface area (Å²) in [6.45, 7) is 7.13. The van der Waals surface area contributed by atoms with E-state index < -0.39 is 29.6 Å². The van der Waals surface area contributed by atoms with Gasteiger partial charge in [0.15, 0.2) is 0 Å². The fourth-order valence-electron chi connectivity index (χ4n) is 2.34. The Kier molecular flexibility index (Phi) is 2.31. The van der Waals surface area contributed by atoms with Gasteiger partial charge in [0.25, 0.3) is 0 Å². The number of carbonyl (C=O) groups is 2. The first kappa shape index (κ1) is 11.1. The highest BCUT2D eigenvalue weighted by Crippen LogP contribution is 2.42. The molecule has 0 aromatic heterocycles. The van der Waals surface area contributed by atoms with E-state index in [1.807, 2.05) is 0 Å². The average molecular weight is 225 g/mol. The molecule has 0 bridgehead atoms. The van der Waals surface area contributed by atoms with Crippen LogP contribution in [0.5, 0.6) is 0 Å². The zero-order chi connectivity index (χ0) is 12.1. The predicted octanol–water partition coefficient (Wildman–Crippen LogP) is -0.256. The third-order valence-corrected chi connectivity index (χ3v) is 3.29. The van der Waals surface area contributed by atoms with E-state index in [0.717, 1.165) is 5.57 Å². The number of aliphatic hydroxyl groups is 1. The molecule has 2 rings (SSSR count). The number of amides is 1. The normalized spacial score (nSPS) is 38.2. The third kappa shape index (κ3) is 1.21. The first-order valence-electron chi connectivity index (χ1n) is 5.25. The van der Waals surface area contributed by atoms with Gasteiger partial charge < -0.3 is 15.2 Å². The van der Waals surface area contributed by atoms with E-state index in [4.69, 9.17) is 4.74 Å². The molecular weight excluding hydrogens is 210 g/mol. The van der Waals surface area contributed by atoms with Crippen molar-refractivity contribution < 1.29 is 19.4 Å². The Morgan fingerprint density at radius 1 is 1.69 bits per heavy atom. The number of ether oxygens (including phenoxy) is 1. The average Bonchev–Trinajstić information content (AvgIpc) is 2.37. The predicted molar refractivity (Wildman–Crippen MR) is 55.4 cm³/mol. The number of carbonyl (C=O) groups excluding carboxylic acids is 2. The largest absolute Gasteiger partial charge is 0.456 e. The molecule has 4 atom stereocenters. The maximum atomic E-state index is 11.5. The second-order valence-electron chi connectivity index (χ2n) is 4.65. The molecule has 0 aromatic rings. The van der Waals surface area contributed by atoms with Crippen molar-refractivity contribution >= 4 is 11.9 Å². The smallest absolute Gasteiger partial charge is 0.338 e. The molecule has 2 aliphatic heterocycles. The van der Waals surface area contributed by atoms with E-state index >= 15 is 0 Å². The number of rotatable bonds is 3. The van der Waals surface area contributed by atoms with Crippen LogP contribution >= 0.6 is 0 Å². The monoisotopic (exact) mass is 225 g/mol. The maximum Gasteiger partial charge on any atom is 0.338 e. The first-order chi connectivity index (χ1) is 7.39. The van der Waals surface area contributed by atoms with E-state index in [2.05, 4.69) is 11.9 Å². The molecule has 2 N–H and O–H groups in total. The van der Waals surface area contributed by atoms with E-state index in [1.165, 1.54) is 0 Å². The SMILES string of the molecule is C=C(C)C[C@H](O)[C@@]12NC(=O)[C@H](C)[C@@H]1OC2=O. The van der Waals surface area contributed by atoms with E-state index in [1.54, 1.807) is 13.8 Å². The van der Waals surface area contributed by atoms with Crippen molar-refractivity contribution in [3.8, 4) is 0 Å². The zero-order valence-electron chi connectivity index (χ0n) is 9.32. The fraction of sp³-hybridized carbons (Fsp3) is 0.636. The van der Waals surface area contributed by atoms with Gasteiger partial charge in [-0.25, -0.2) is 4.79 Å². The van der Waals surface area contributed by atoms with E-state index in [-0.39, 0.29) is 12.3 Å². The molecule has 0 spiro atoms. The Morgan fingerprint density at radius 2 is 2.31 bits per heavy atom. The van der Waals surface area contributed by atoms with Crippen LogP contribution in [-0.4, -0.2) is 34.7 Å². The summed E-state index contributed by atoms with van der Waals surface area (Å²) in [5, 5.41) is 12.6. The molecule has 0 unspecified atom stereocenters. The van der Waals surface area contributed by atoms with E-state index in [9.17, 15) is 14.7 Å². The van der Waals surface area contributed by atoms with Crippen LogP contribution in [0.3, 0.4) is 0 Å². The van der Waals surface area contributed by atoms with Gasteiger partial charge in [0.1, 0.15) is 6.10 Å². The highest BCUT2D eigenvalue weighted by Gasteiger charge is 2.70. The third-order valence-electron chi connectivity index (χ3n) is 3.29. The molecule has 1 amide bonds. The van der Waals surface area contributed by atoms with Gasteiger partial charge in [-0.1, -0.05) is 5.57 Å². The van der Waals surface area contributed by atoms with Gasteiger partial charge in [0.05, 0.1) is 12.0 Å². The summed E-state index contributed by atoms with van der Waals surface area (Å²) in [7, 11) is 0. The van der Waals surface area contributed by atoms with Crippen molar-refractivity contribution in [3.05, 3.63) is 12.2 Å². The van der Waals surface area contributed by atoms with Crippen molar-refractivity contribution in [1.29, 1.82) is 0 Å². The lowest BCUT2D eigenvalue weighted by Gasteiger charge is -2.45. The molecule has 2 saturated heterocycles. The van der Waals surface area contributed by atoms with Crippen molar-refractivity contribution in [2.24, 2.45) is 5.92 Å². The number of hydrogen-bond donors (Lipinski definition) is 2. The van der Waals surface area contributed by atoms with Crippen molar-refractivity contribution in [2.45, 2.75) is 38.0 Å². The summed E-state index contributed by atoms with van der Waals surface area (Å²) in [4.78, 5) is 23.0. The molecule has 0 radical (unpaired) electrons. The maximum absolute atomic E-state index is 11.5. The van der Waals surface area contributed by atoms with Crippen LogP contribution in [0, 0.1) is 5.92 Å². The molecule has 2 fully saturated rings. The second kappa shape index (κ2) is 3.31. The molecule has 5 nitrogen and oxygen atoms in total. The summed E-state index contributed by atoms with van der Waals surface area (Å²) in [5.41, 5.74) is -0.482. The van der Waals surface area contributed by atoms with Gasteiger partial charge in [-0.05, 0) is 20.3 Å². The van der Waals surface area contributed by atoms with Crippen molar-refractivity contribution in [1.82, 2.24) is 5.32 Å². The van der Waals surface area contributed by atoms with Gasteiger partial charge in [0, 0.05) is 0 Å². The lowest BCUT2D eigenvalue weighted by molar-refractivity contribution is -0.203. The second-order valence-corrected chi connectivity index (χ2v) is 4.65. The molecule has 16 heavy (non-hydrogen) atoms. The van der Waals surface area contributed by atoms with Gasteiger partial charge in [-0.2, -0.15) is 0 Å². The highest BCUT2D eigenvalue weighted by molar-refractivity contribution is 5.99. The highest BCUT2D eigenvalue weighted by atomic mass is 16.6. The quantitative estimate of drug-likeness (QED) is 0.512. The van der Waals surface area contributed by atoms with Crippen LogP contribution in [0.15, 0.2) is 12.2 Å². The molecule has 0 aliphatic carbocycles. The van der Waals surface area contributed by atoms with Crippen LogP contribution in [0.2, 0.25) is 0 Å². The molecule has 2 heterocycles. The fourth-order valence-corrected chi connectivity index (χ4v) is 2.34. The molecule has 5 heteroatoms. The summed E-state index contributed by atoms with van der Waals surface area (Å²) >= 11 is 0. The van der Waals surface area contributed by atoms with Crippen LogP contribution in [0.4, 0.5) is 0 Å². The summed E-state index contributed by atoms with van der Waals surface area (Å²) in [5.74, 6) is -1.21. The van der Waals surface area contributed by atoms with Crippen molar-refractivity contribution in [3.63, 3.8) is 0 Å². The molecule has 2 aliphatic rings. The standard InChI is InChI=1S/C11H15NO4/c1-5(2)4-7(13)11-8(16-10(11)15)6(3)9(14)12-11/h6-8,13H,1,4H2,2-3H3,(H,12,14)/t6-,7+,8+,11-/m1/s1. The van der Waals surface area contributed by atoms with Gasteiger partial charge in [-0.3, -0.25) is 4.79 Å². The van der Waals surface area contributed by atoms with E-state index in [0.29, 0.717) is 0 Å². The Labute approximate surface area is 93.5 Å². The number of hydrogen-bond acceptors (Lipinski definition) is 4. The number of nitrogens with one attached hydrogen (secondary N) is 1. The van der Waals surface area contributed by atoms with Gasteiger partial charge in [-0.15, -0.1) is 6.58 Å². The Hall–Kier alpha value is -1.36. The molecule has 0 aromatic carbocycles. The van der Waals surface area contributed by atoms with Crippen molar-refractivity contribution in [2.75, 3.05) is 0 Å². The zero-order valence-corrected chi connectivity index (χ0v) is 9.32. The number of fused-ring (bicyclic) bond motifs is 1. The van der Waals surface area contributed by atoms with Gasteiger partial charge in [0.2, 0.25) is 11.4 Å². The summed E-state index contributed by atoms with van der Waals surface area (Å²) in [6, 6.07) is 0. The number of aliphatic hydroxyl groups excluding tert-OH is 1. The van der Waals surface area contributed by atoms with Crippen LogP contribution < -0.4 is 5.32 Å². The lowest BCUT2D eigenvalue weighted by atomic mass is 9.78. The Bertz CT molecular complexity index is 378. The first-order valence-corrected chi connectivity index (χ1v) is 5.25. The molecule has 88 valence electrons. The Balaban J connectivity index is 2.26. The van der Waals surface area contributed by atoms with Crippen LogP contribution in [-0.2, 0) is 14.3 Å². The Morgan fingerprint density at radius 3 is 2.75 bits per heavy atom. The molecule has 0 saturated carbocycles. The summed E-state index contributed by atoms with van der Waals surface area (Å²) in [6.07, 6.45) is -1.24. The van der Waals surface area contributed by atoms with Gasteiger partial charge >= 0.3 is 5.97 Å². The molecular formula is C11H15NO4. The van der Waals surface area contributed by atoms with Crippen LogP contribution in [0.1, 0.15) is 20.3 Å². The minimum absolute atomic E-state index is 0.253. The van der Waals surface area contributed by atoms with Crippen LogP contribution in [0.25, 0.3) is 0 Å².